The van der Waals surface area contributed by atoms with E-state index in [1.807, 2.05) is 30.3 Å². The molecule has 1 amide bonds. The van der Waals surface area contributed by atoms with Crippen molar-refractivity contribution in [1.82, 2.24) is 29.6 Å². The van der Waals surface area contributed by atoms with Gasteiger partial charge in [-0.3, -0.25) is 10.2 Å². The number of hydrogen-bond donors (Lipinski definition) is 2. The molecule has 1 aliphatic carbocycles. The average Bonchev–Trinajstić information content (AvgIpc) is 3.19. The number of benzene rings is 1. The van der Waals surface area contributed by atoms with E-state index in [9.17, 15) is 9.59 Å². The molecule has 0 atom stereocenters. The minimum Gasteiger partial charge on any atom is -0.264 e. The van der Waals surface area contributed by atoms with E-state index in [1.165, 1.54) is 6.33 Å². The van der Waals surface area contributed by atoms with Crippen molar-refractivity contribution in [3.63, 3.8) is 0 Å². The van der Waals surface area contributed by atoms with Gasteiger partial charge in [0.05, 0.1) is 5.69 Å². The molecule has 0 aliphatic heterocycles. The minimum atomic E-state index is -0.565. The molecule has 116 valence electrons. The van der Waals surface area contributed by atoms with Crippen molar-refractivity contribution >= 4 is 5.91 Å². The Morgan fingerprint density at radius 3 is 2.70 bits per heavy atom. The highest BCUT2D eigenvalue weighted by Crippen LogP contribution is 2.39. The quantitative estimate of drug-likeness (QED) is 0.725. The van der Waals surface area contributed by atoms with Crippen molar-refractivity contribution in [2.24, 2.45) is 0 Å². The molecular weight excluding hydrogens is 298 g/mol. The highest BCUT2D eigenvalue weighted by molar-refractivity contribution is 5.96. The highest BCUT2D eigenvalue weighted by Gasteiger charge is 2.31. The van der Waals surface area contributed by atoms with Crippen molar-refractivity contribution in [2.45, 2.75) is 18.8 Å². The van der Waals surface area contributed by atoms with Crippen molar-refractivity contribution < 1.29 is 4.79 Å². The molecule has 3 aromatic rings. The molecule has 0 unspecified atom stereocenters. The lowest BCUT2D eigenvalue weighted by atomic mass is 10.3. The first-order valence-corrected chi connectivity index (χ1v) is 7.18. The van der Waals surface area contributed by atoms with Gasteiger partial charge in [-0.05, 0) is 25.0 Å². The molecule has 1 fully saturated rings. The Morgan fingerprint density at radius 2 is 2.04 bits per heavy atom. The second kappa shape index (κ2) is 5.20. The molecule has 1 aromatic carbocycles. The number of nitrogens with one attached hydrogen (secondary N) is 2. The Bertz CT molecular complexity index is 905. The predicted octanol–water partition coefficient (Wildman–Crippen LogP) is 0.413. The van der Waals surface area contributed by atoms with E-state index in [2.05, 4.69) is 25.7 Å². The van der Waals surface area contributed by atoms with Crippen LogP contribution in [-0.4, -0.2) is 35.5 Å². The summed E-state index contributed by atoms with van der Waals surface area (Å²) in [7, 11) is 0. The summed E-state index contributed by atoms with van der Waals surface area (Å²) >= 11 is 0. The Hall–Kier alpha value is -3.23. The smallest absolute Gasteiger partial charge is 0.264 e. The zero-order valence-electron chi connectivity index (χ0n) is 12.0. The Morgan fingerprint density at radius 1 is 1.26 bits per heavy atom. The van der Waals surface area contributed by atoms with Crippen LogP contribution >= 0.6 is 0 Å². The zero-order chi connectivity index (χ0) is 15.8. The topological polar surface area (TPSA) is 110 Å². The molecule has 1 saturated carbocycles. The van der Waals surface area contributed by atoms with Gasteiger partial charge in [0.25, 0.3) is 0 Å². The molecule has 2 heterocycles. The summed E-state index contributed by atoms with van der Waals surface area (Å²) in [6.45, 7) is 0. The molecule has 0 saturated heterocycles. The third-order valence-corrected chi connectivity index (χ3v) is 3.55. The largest absolute Gasteiger partial charge is 0.362 e. The van der Waals surface area contributed by atoms with E-state index in [0.717, 1.165) is 29.0 Å². The van der Waals surface area contributed by atoms with E-state index in [-0.39, 0.29) is 5.82 Å². The molecule has 2 aromatic heterocycles. The van der Waals surface area contributed by atoms with E-state index < -0.39 is 11.6 Å². The number of aromatic amines is 1. The maximum absolute atomic E-state index is 12.3. The second-order valence-electron chi connectivity index (χ2n) is 5.29. The number of carbonyl (C=O) groups is 1. The summed E-state index contributed by atoms with van der Waals surface area (Å²) in [4.78, 5) is 28.0. The van der Waals surface area contributed by atoms with E-state index in [4.69, 9.17) is 0 Å². The molecule has 2 N–H and O–H groups in total. The van der Waals surface area contributed by atoms with Gasteiger partial charge in [-0.2, -0.15) is 9.77 Å². The van der Waals surface area contributed by atoms with Crippen molar-refractivity contribution in [2.75, 3.05) is 5.43 Å². The lowest BCUT2D eigenvalue weighted by Crippen LogP contribution is -2.31. The lowest BCUT2D eigenvalue weighted by molar-refractivity contribution is 0.0997. The van der Waals surface area contributed by atoms with Crippen molar-refractivity contribution in [1.29, 1.82) is 0 Å². The first-order chi connectivity index (χ1) is 11.2. The first-order valence-electron chi connectivity index (χ1n) is 7.18. The third-order valence-electron chi connectivity index (χ3n) is 3.55. The van der Waals surface area contributed by atoms with Gasteiger partial charge in [0.15, 0.2) is 0 Å². The molecule has 4 rings (SSSR count). The maximum atomic E-state index is 12.3. The van der Waals surface area contributed by atoms with Gasteiger partial charge in [-0.15, -0.1) is 5.10 Å². The van der Waals surface area contributed by atoms with Crippen LogP contribution < -0.4 is 11.1 Å². The van der Waals surface area contributed by atoms with Gasteiger partial charge in [0, 0.05) is 5.92 Å². The Balaban J connectivity index is 1.68. The SMILES string of the molecule is O=C(Nn1cn[nH]c1=O)c1nc(C2CC2)n(-c2ccccc2)n1. The fraction of sp³-hybridized carbons (Fsp3) is 0.214. The van der Waals surface area contributed by atoms with Gasteiger partial charge in [0.1, 0.15) is 12.2 Å². The number of aromatic nitrogens is 6. The summed E-state index contributed by atoms with van der Waals surface area (Å²) in [5, 5.41) is 10.0. The number of para-hydroxylation sites is 1. The van der Waals surface area contributed by atoms with E-state index in [0.29, 0.717) is 5.92 Å². The summed E-state index contributed by atoms with van der Waals surface area (Å²) in [6, 6.07) is 9.53. The van der Waals surface area contributed by atoms with Crippen LogP contribution in [0.4, 0.5) is 0 Å². The van der Waals surface area contributed by atoms with Crippen LogP contribution in [0, 0.1) is 0 Å². The lowest BCUT2D eigenvalue weighted by Gasteiger charge is -2.03. The summed E-state index contributed by atoms with van der Waals surface area (Å²) in [5.74, 6) is 0.538. The van der Waals surface area contributed by atoms with Gasteiger partial charge in [0.2, 0.25) is 5.82 Å². The molecule has 23 heavy (non-hydrogen) atoms. The molecule has 1 aliphatic rings. The predicted molar refractivity (Wildman–Crippen MR) is 79.9 cm³/mol. The number of rotatable bonds is 4. The summed E-state index contributed by atoms with van der Waals surface area (Å²) in [6.07, 6.45) is 3.25. The van der Waals surface area contributed by atoms with E-state index in [1.54, 1.807) is 4.68 Å². The first kappa shape index (κ1) is 13.4. The standard InChI is InChI=1S/C14H13N7O2/c22-13(19-20-8-15-17-14(20)23)11-16-12(9-6-7-9)21(18-11)10-4-2-1-3-5-10/h1-5,8-9H,6-7H2,(H,17,23)(H,19,22). The Labute approximate surface area is 129 Å². The second-order valence-corrected chi connectivity index (χ2v) is 5.29. The number of nitrogens with zero attached hydrogens (tertiary/aromatic N) is 5. The van der Waals surface area contributed by atoms with Crippen LogP contribution in [0.3, 0.4) is 0 Å². The number of carbonyl (C=O) groups excluding carboxylic acids is 1. The van der Waals surface area contributed by atoms with Crippen LogP contribution in [0.25, 0.3) is 5.69 Å². The Kier molecular flexibility index (Phi) is 3.04. The summed E-state index contributed by atoms with van der Waals surface area (Å²) < 4.78 is 2.63. The van der Waals surface area contributed by atoms with E-state index >= 15 is 0 Å². The fourth-order valence-electron chi connectivity index (χ4n) is 2.27. The fourth-order valence-corrected chi connectivity index (χ4v) is 2.27. The monoisotopic (exact) mass is 311 g/mol. The number of hydrogen-bond acceptors (Lipinski definition) is 5. The number of amides is 1. The van der Waals surface area contributed by atoms with Crippen LogP contribution in [0.5, 0.6) is 0 Å². The van der Waals surface area contributed by atoms with Crippen molar-refractivity contribution in [3.8, 4) is 5.69 Å². The molecule has 9 nitrogen and oxygen atoms in total. The normalized spacial score (nSPS) is 13.9. The van der Waals surface area contributed by atoms with Crippen LogP contribution in [0.1, 0.15) is 35.2 Å². The molecule has 0 bridgehead atoms. The van der Waals surface area contributed by atoms with Crippen molar-refractivity contribution in [3.05, 3.63) is 58.8 Å². The summed E-state index contributed by atoms with van der Waals surface area (Å²) in [5.41, 5.74) is 2.70. The maximum Gasteiger partial charge on any atom is 0.362 e. The highest BCUT2D eigenvalue weighted by atomic mass is 16.2. The van der Waals surface area contributed by atoms with Gasteiger partial charge in [-0.1, -0.05) is 18.2 Å². The van der Waals surface area contributed by atoms with Gasteiger partial charge < -0.3 is 0 Å². The molecule has 9 heteroatoms. The average molecular weight is 311 g/mol. The molecule has 0 spiro atoms. The van der Waals surface area contributed by atoms with Gasteiger partial charge >= 0.3 is 11.6 Å². The molecular formula is C14H13N7O2. The van der Waals surface area contributed by atoms with Crippen LogP contribution in [-0.2, 0) is 0 Å². The van der Waals surface area contributed by atoms with Crippen LogP contribution in [0.15, 0.2) is 41.5 Å². The van der Waals surface area contributed by atoms with Crippen LogP contribution in [0.2, 0.25) is 0 Å². The molecule has 0 radical (unpaired) electrons. The minimum absolute atomic E-state index is 0.0175. The van der Waals surface area contributed by atoms with Gasteiger partial charge in [-0.25, -0.2) is 19.6 Å². The third kappa shape index (κ3) is 2.52. The number of H-pyrrole nitrogens is 1. The zero-order valence-corrected chi connectivity index (χ0v) is 12.0.